The number of ether oxygens (including phenoxy) is 3. The summed E-state index contributed by atoms with van der Waals surface area (Å²) in [5, 5.41) is 19.5. The lowest BCUT2D eigenvalue weighted by Gasteiger charge is -2.15. The first-order valence-electron chi connectivity index (χ1n) is 13.7. The van der Waals surface area contributed by atoms with Crippen molar-refractivity contribution in [1.82, 2.24) is 0 Å². The molecule has 44 heavy (non-hydrogen) atoms. The first-order valence-corrected chi connectivity index (χ1v) is 16.9. The molecule has 0 heterocycles. The Kier molecular flexibility index (Phi) is 14.6. The van der Waals surface area contributed by atoms with E-state index in [1.165, 1.54) is 12.3 Å². The average Bonchev–Trinajstić information content (AvgIpc) is 3.02. The molecular formula is C32H28Br4N4O4. The third-order valence-corrected chi connectivity index (χ3v) is 8.76. The topological polar surface area (TPSA) is 117 Å². The van der Waals surface area contributed by atoms with Gasteiger partial charge in [0.1, 0.15) is 24.5 Å². The highest BCUT2D eigenvalue weighted by Gasteiger charge is 2.24. The fraction of sp³-hybridized carbons (Fsp3) is 0.281. The van der Waals surface area contributed by atoms with Crippen LogP contribution >= 0.6 is 63.7 Å². The zero-order chi connectivity index (χ0) is 32.1. The number of benzene rings is 3. The van der Waals surface area contributed by atoms with Gasteiger partial charge in [-0.3, -0.25) is 9.98 Å². The lowest BCUT2D eigenvalue weighted by Crippen LogP contribution is -2.15. The summed E-state index contributed by atoms with van der Waals surface area (Å²) in [6.07, 6.45) is 6.07. The number of unbranched alkanes of at least 4 members (excludes halogenated alkanes) is 2. The lowest BCUT2D eigenvalue weighted by molar-refractivity contribution is 0.150. The van der Waals surface area contributed by atoms with E-state index in [0.29, 0.717) is 30.4 Å². The van der Waals surface area contributed by atoms with Crippen LogP contribution < -0.4 is 14.2 Å². The number of carbonyl (C=O) groups is 1. The molecule has 0 saturated carbocycles. The van der Waals surface area contributed by atoms with Crippen molar-refractivity contribution in [3.8, 4) is 29.4 Å². The van der Waals surface area contributed by atoms with E-state index in [0.717, 1.165) is 44.2 Å². The number of aliphatic imine (C=N–C) groups is 2. The largest absolute Gasteiger partial charge is 0.519 e. The summed E-state index contributed by atoms with van der Waals surface area (Å²) >= 11 is 13.7. The quantitative estimate of drug-likeness (QED) is 0.0960. The summed E-state index contributed by atoms with van der Waals surface area (Å²) in [7, 11) is 0. The van der Waals surface area contributed by atoms with Crippen LogP contribution in [-0.4, -0.2) is 24.7 Å². The molecule has 0 fully saturated rings. The first kappa shape index (κ1) is 35.4. The van der Waals surface area contributed by atoms with Gasteiger partial charge in [-0.2, -0.15) is 10.5 Å². The van der Waals surface area contributed by atoms with E-state index in [1.807, 2.05) is 30.3 Å². The number of nitrogens with zero attached hydrogens (tertiary/aromatic N) is 4. The van der Waals surface area contributed by atoms with Crippen LogP contribution in [0.4, 0.5) is 16.2 Å². The molecule has 3 rings (SSSR count). The number of hydrogen-bond donors (Lipinski definition) is 0. The molecule has 0 spiro atoms. The Labute approximate surface area is 290 Å². The molecule has 0 aliphatic carbocycles. The van der Waals surface area contributed by atoms with Crippen molar-refractivity contribution in [2.75, 3.05) is 6.61 Å². The normalized spacial score (nSPS) is 10.6. The predicted octanol–water partition coefficient (Wildman–Crippen LogP) is 11.3. The number of hydrogen-bond acceptors (Lipinski definition) is 8. The molecule has 0 bridgehead atoms. The highest BCUT2D eigenvalue weighted by molar-refractivity contribution is 9.11. The van der Waals surface area contributed by atoms with Gasteiger partial charge in [0.2, 0.25) is 0 Å². The molecular weight excluding hydrogens is 824 g/mol. The van der Waals surface area contributed by atoms with Crippen LogP contribution in [0.2, 0.25) is 0 Å². The number of carbonyl (C=O) groups excluding carboxylic acids is 1. The van der Waals surface area contributed by atoms with E-state index >= 15 is 0 Å². The molecule has 228 valence electrons. The molecule has 0 atom stereocenters. The highest BCUT2D eigenvalue weighted by Crippen LogP contribution is 2.45. The zero-order valence-electron chi connectivity index (χ0n) is 24.0. The van der Waals surface area contributed by atoms with Crippen molar-refractivity contribution in [2.45, 2.75) is 52.4 Å². The molecule has 0 unspecified atom stereocenters. The summed E-state index contributed by atoms with van der Waals surface area (Å²) in [4.78, 5) is 22.3. The van der Waals surface area contributed by atoms with Crippen molar-refractivity contribution in [2.24, 2.45) is 9.98 Å². The van der Waals surface area contributed by atoms with Gasteiger partial charge in [-0.25, -0.2) is 4.79 Å². The Morgan fingerprint density at radius 3 is 1.89 bits per heavy atom. The van der Waals surface area contributed by atoms with Gasteiger partial charge in [0.05, 0.1) is 40.4 Å². The minimum absolute atomic E-state index is 0.0608. The summed E-state index contributed by atoms with van der Waals surface area (Å²) in [6, 6.07) is 16.6. The van der Waals surface area contributed by atoms with Gasteiger partial charge in [0.25, 0.3) is 0 Å². The Bertz CT molecular complexity index is 1620. The number of halogens is 4. The fourth-order valence-electron chi connectivity index (χ4n) is 3.90. The maximum atomic E-state index is 13.1. The zero-order valence-corrected chi connectivity index (χ0v) is 30.3. The molecule has 12 heteroatoms. The molecule has 0 saturated heterocycles. The van der Waals surface area contributed by atoms with Crippen molar-refractivity contribution in [1.29, 1.82) is 10.5 Å². The maximum absolute atomic E-state index is 13.1. The van der Waals surface area contributed by atoms with E-state index in [2.05, 4.69) is 94.7 Å². The van der Waals surface area contributed by atoms with Gasteiger partial charge in [0, 0.05) is 11.9 Å². The van der Waals surface area contributed by atoms with Crippen molar-refractivity contribution < 1.29 is 19.0 Å². The average molecular weight is 852 g/mol. The smallest absolute Gasteiger partial charge is 0.488 e. The standard InChI is InChI=1S/C32H28Br4N4O4/c1-3-5-10-22(11-6-4-2)40-29-21(19-38)17-25(34)31(27(29)36)44-32(41)43-30-24(33)16-20(18-37)28(26(30)35)39-14-15-42-23-12-8-7-9-13-23/h7-9,12-14,16-17H,3-6,10-11,15H2,1-2H3. The SMILES string of the molecule is CCCCC(CCCC)=Nc1c(C#N)cc(Br)c(OC(=O)Oc2c(Br)cc(C#N)c(N=CCOc3ccccc3)c2Br)c1Br. The summed E-state index contributed by atoms with van der Waals surface area (Å²) in [5.41, 5.74) is 2.18. The minimum atomic E-state index is -1.06. The van der Waals surface area contributed by atoms with E-state index in [1.54, 1.807) is 6.07 Å². The van der Waals surface area contributed by atoms with Crippen LogP contribution in [0.25, 0.3) is 0 Å². The van der Waals surface area contributed by atoms with Crippen LogP contribution in [0.3, 0.4) is 0 Å². The molecule has 0 radical (unpaired) electrons. The minimum Gasteiger partial charge on any atom is -0.488 e. The van der Waals surface area contributed by atoms with Crippen LogP contribution in [-0.2, 0) is 0 Å². The van der Waals surface area contributed by atoms with Gasteiger partial charge >= 0.3 is 6.16 Å². The monoisotopic (exact) mass is 848 g/mol. The summed E-state index contributed by atoms with van der Waals surface area (Å²) < 4.78 is 18.1. The van der Waals surface area contributed by atoms with Crippen LogP contribution in [0, 0.1) is 22.7 Å². The van der Waals surface area contributed by atoms with Crippen LogP contribution in [0.1, 0.15) is 63.5 Å². The Morgan fingerprint density at radius 2 is 1.36 bits per heavy atom. The van der Waals surface area contributed by atoms with Crippen LogP contribution in [0.5, 0.6) is 17.2 Å². The Morgan fingerprint density at radius 1 is 0.841 bits per heavy atom. The molecule has 0 aromatic heterocycles. The number of nitriles is 2. The molecule has 3 aromatic rings. The van der Waals surface area contributed by atoms with Crippen molar-refractivity contribution >= 4 is 93.2 Å². The van der Waals surface area contributed by atoms with E-state index < -0.39 is 6.16 Å². The third-order valence-electron chi connectivity index (χ3n) is 6.11. The van der Waals surface area contributed by atoms with E-state index in [9.17, 15) is 15.3 Å². The second kappa shape index (κ2) is 18.1. The van der Waals surface area contributed by atoms with Gasteiger partial charge in [-0.15, -0.1) is 0 Å². The van der Waals surface area contributed by atoms with Crippen molar-refractivity contribution in [3.05, 3.63) is 71.5 Å². The second-order valence-corrected chi connectivity index (χ2v) is 12.6. The molecule has 0 N–H and O–H groups in total. The highest BCUT2D eigenvalue weighted by atomic mass is 79.9. The molecule has 3 aromatic carbocycles. The predicted molar refractivity (Wildman–Crippen MR) is 186 cm³/mol. The second-order valence-electron chi connectivity index (χ2n) is 9.29. The van der Waals surface area contributed by atoms with Gasteiger partial charge in [-0.1, -0.05) is 44.9 Å². The Balaban J connectivity index is 1.89. The third kappa shape index (κ3) is 9.73. The van der Waals surface area contributed by atoms with Crippen LogP contribution in [0.15, 0.2) is 70.3 Å². The van der Waals surface area contributed by atoms with E-state index in [4.69, 9.17) is 19.2 Å². The van der Waals surface area contributed by atoms with Gasteiger partial charge < -0.3 is 14.2 Å². The van der Waals surface area contributed by atoms with E-state index in [-0.39, 0.29) is 33.8 Å². The first-order chi connectivity index (χ1) is 21.2. The molecule has 8 nitrogen and oxygen atoms in total. The number of para-hydroxylation sites is 1. The summed E-state index contributed by atoms with van der Waals surface area (Å²) in [6.45, 7) is 4.39. The Hall–Kier alpha value is -3.03. The number of rotatable bonds is 13. The van der Waals surface area contributed by atoms with Crippen molar-refractivity contribution in [3.63, 3.8) is 0 Å². The van der Waals surface area contributed by atoms with Gasteiger partial charge in [0.15, 0.2) is 11.5 Å². The fourth-order valence-corrected chi connectivity index (χ4v) is 6.65. The molecule has 0 amide bonds. The molecule has 0 aliphatic rings. The lowest BCUT2D eigenvalue weighted by atomic mass is 10.1. The van der Waals surface area contributed by atoms with Gasteiger partial charge in [-0.05, 0) is 114 Å². The molecule has 0 aliphatic heterocycles. The summed E-state index contributed by atoms with van der Waals surface area (Å²) in [5.74, 6) is 0.842. The maximum Gasteiger partial charge on any atom is 0.519 e.